The molecule has 4 aromatic rings. The van der Waals surface area contributed by atoms with Crippen LogP contribution in [0, 0.1) is 0 Å². The molecule has 7 nitrogen and oxygen atoms in total. The van der Waals surface area contributed by atoms with E-state index in [0.29, 0.717) is 11.4 Å². The Hall–Kier alpha value is -3.65. The fourth-order valence-electron chi connectivity index (χ4n) is 2.88. The van der Waals surface area contributed by atoms with E-state index < -0.39 is 6.03 Å². The number of hydrogen-bond donors (Lipinski definition) is 3. The minimum Gasteiger partial charge on any atom is -0.467 e. The molecule has 4 rings (SSSR count). The lowest BCUT2D eigenvalue weighted by atomic mass is 10.1. The number of aromatic nitrogens is 1. The predicted molar refractivity (Wildman–Crippen MR) is 116 cm³/mol. The molecular weight excluding hydrogens is 400 g/mol. The van der Waals surface area contributed by atoms with Gasteiger partial charge in [-0.15, -0.1) is 11.3 Å². The van der Waals surface area contributed by atoms with E-state index in [1.165, 1.54) is 11.0 Å². The minimum absolute atomic E-state index is 0.128. The molecule has 30 heavy (non-hydrogen) atoms. The molecule has 152 valence electrons. The van der Waals surface area contributed by atoms with Gasteiger partial charge < -0.3 is 20.4 Å². The van der Waals surface area contributed by atoms with Crippen LogP contribution in [0.4, 0.5) is 10.5 Å². The maximum atomic E-state index is 12.0. The molecule has 0 spiro atoms. The molecule has 0 fully saturated rings. The topological polar surface area (TPSA) is 96.3 Å². The van der Waals surface area contributed by atoms with Crippen molar-refractivity contribution in [1.29, 1.82) is 0 Å². The number of rotatable bonds is 7. The van der Waals surface area contributed by atoms with Crippen molar-refractivity contribution >= 4 is 39.2 Å². The highest BCUT2D eigenvalue weighted by Gasteiger charge is 2.08. The number of nitrogens with one attached hydrogen (secondary N) is 3. The van der Waals surface area contributed by atoms with Crippen LogP contribution in [-0.4, -0.2) is 23.5 Å². The van der Waals surface area contributed by atoms with Crippen molar-refractivity contribution in [2.75, 3.05) is 11.9 Å². The molecule has 0 aliphatic heterocycles. The van der Waals surface area contributed by atoms with Crippen molar-refractivity contribution in [2.45, 2.75) is 13.0 Å². The number of hydrogen-bond acceptors (Lipinski definition) is 5. The molecule has 0 radical (unpaired) electrons. The lowest BCUT2D eigenvalue weighted by molar-refractivity contribution is -0.115. The molecule has 0 atom stereocenters. The third kappa shape index (κ3) is 5.24. The van der Waals surface area contributed by atoms with Crippen molar-refractivity contribution in [3.8, 4) is 0 Å². The highest BCUT2D eigenvalue weighted by atomic mass is 32.1. The Morgan fingerprint density at radius 3 is 2.57 bits per heavy atom. The van der Waals surface area contributed by atoms with Crippen LogP contribution in [0.2, 0.25) is 0 Å². The Balaban J connectivity index is 1.23. The standard InChI is InChI=1S/C22H20N4O3S/c27-20(14-24-22(28)23-13-17-4-3-11-29-17)25-16-9-7-15(8-10-16)12-21-26-18-5-1-2-6-19(18)30-21/h1-11H,12-14H2,(H,25,27)(H2,23,24,28). The summed E-state index contributed by atoms with van der Waals surface area (Å²) in [6.07, 6.45) is 2.28. The van der Waals surface area contributed by atoms with Crippen LogP contribution < -0.4 is 16.0 Å². The lowest BCUT2D eigenvalue weighted by Crippen LogP contribution is -2.39. The second-order valence-corrected chi connectivity index (χ2v) is 7.73. The molecule has 0 unspecified atom stereocenters. The van der Waals surface area contributed by atoms with Gasteiger partial charge in [0, 0.05) is 12.1 Å². The Bertz CT molecular complexity index is 1100. The van der Waals surface area contributed by atoms with Gasteiger partial charge in [-0.25, -0.2) is 9.78 Å². The average molecular weight is 420 g/mol. The fourth-order valence-corrected chi connectivity index (χ4v) is 3.89. The molecule has 2 heterocycles. The Labute approximate surface area is 177 Å². The monoisotopic (exact) mass is 420 g/mol. The largest absolute Gasteiger partial charge is 0.467 e. The van der Waals surface area contributed by atoms with Gasteiger partial charge in [-0.05, 0) is 42.0 Å². The SMILES string of the molecule is O=C(CNC(=O)NCc1ccco1)Nc1ccc(Cc2nc3ccccc3s2)cc1. The first-order valence-corrected chi connectivity index (χ1v) is 10.2. The Morgan fingerprint density at radius 2 is 1.80 bits per heavy atom. The van der Waals surface area contributed by atoms with E-state index >= 15 is 0 Å². The van der Waals surface area contributed by atoms with Crippen molar-refractivity contribution < 1.29 is 14.0 Å². The summed E-state index contributed by atoms with van der Waals surface area (Å²) in [5, 5.41) is 8.95. The van der Waals surface area contributed by atoms with E-state index in [2.05, 4.69) is 27.0 Å². The maximum absolute atomic E-state index is 12.0. The molecule has 0 saturated heterocycles. The summed E-state index contributed by atoms with van der Waals surface area (Å²) in [5.74, 6) is 0.336. The number of carbonyl (C=O) groups excluding carboxylic acids is 2. The summed E-state index contributed by atoms with van der Waals surface area (Å²) in [5.41, 5.74) is 2.80. The number of anilines is 1. The van der Waals surface area contributed by atoms with Crippen molar-refractivity contribution in [3.63, 3.8) is 0 Å². The third-order valence-electron chi connectivity index (χ3n) is 4.34. The van der Waals surface area contributed by atoms with Crippen LogP contribution in [0.15, 0.2) is 71.3 Å². The third-order valence-corrected chi connectivity index (χ3v) is 5.38. The molecule has 2 aromatic carbocycles. The summed E-state index contributed by atoms with van der Waals surface area (Å²) >= 11 is 1.69. The zero-order chi connectivity index (χ0) is 20.8. The van der Waals surface area contributed by atoms with Crippen molar-refractivity contribution in [2.24, 2.45) is 0 Å². The lowest BCUT2D eigenvalue weighted by Gasteiger charge is -2.08. The number of carbonyl (C=O) groups is 2. The molecule has 2 aromatic heterocycles. The van der Waals surface area contributed by atoms with Crippen LogP contribution in [0.3, 0.4) is 0 Å². The Morgan fingerprint density at radius 1 is 0.967 bits per heavy atom. The molecule has 0 saturated carbocycles. The van der Waals surface area contributed by atoms with Crippen LogP contribution in [0.25, 0.3) is 10.2 Å². The van der Waals surface area contributed by atoms with Gasteiger partial charge in [-0.1, -0.05) is 24.3 Å². The second-order valence-electron chi connectivity index (χ2n) is 6.61. The number of amides is 3. The van der Waals surface area contributed by atoms with Crippen molar-refractivity contribution in [1.82, 2.24) is 15.6 Å². The van der Waals surface area contributed by atoms with Gasteiger partial charge in [-0.3, -0.25) is 4.79 Å². The van der Waals surface area contributed by atoms with Gasteiger partial charge in [0.2, 0.25) is 5.91 Å². The van der Waals surface area contributed by atoms with Gasteiger partial charge in [0.1, 0.15) is 5.76 Å². The number of furan rings is 1. The van der Waals surface area contributed by atoms with Crippen molar-refractivity contribution in [3.05, 3.63) is 83.3 Å². The molecule has 0 aliphatic carbocycles. The summed E-state index contributed by atoms with van der Waals surface area (Å²) in [4.78, 5) is 28.4. The van der Waals surface area contributed by atoms with Crippen LogP contribution in [0.1, 0.15) is 16.3 Å². The normalized spacial score (nSPS) is 10.7. The summed E-state index contributed by atoms with van der Waals surface area (Å²) < 4.78 is 6.30. The molecule has 3 amide bonds. The highest BCUT2D eigenvalue weighted by molar-refractivity contribution is 7.18. The molecule has 0 bridgehead atoms. The minimum atomic E-state index is -0.437. The number of benzene rings is 2. The van der Waals surface area contributed by atoms with Crippen LogP contribution in [-0.2, 0) is 17.8 Å². The second kappa shape index (κ2) is 9.23. The predicted octanol–water partition coefficient (Wildman–Crippen LogP) is 3.92. The highest BCUT2D eigenvalue weighted by Crippen LogP contribution is 2.24. The fraction of sp³-hybridized carbons (Fsp3) is 0.136. The van der Waals surface area contributed by atoms with Gasteiger partial charge in [-0.2, -0.15) is 0 Å². The van der Waals surface area contributed by atoms with E-state index in [0.717, 1.165) is 22.5 Å². The number of fused-ring (bicyclic) bond motifs is 1. The van der Waals surface area contributed by atoms with E-state index in [1.54, 1.807) is 23.5 Å². The zero-order valence-electron chi connectivity index (χ0n) is 16.1. The molecular formula is C22H20N4O3S. The van der Waals surface area contributed by atoms with E-state index in [1.807, 2.05) is 42.5 Å². The zero-order valence-corrected chi connectivity index (χ0v) is 16.9. The van der Waals surface area contributed by atoms with E-state index in [-0.39, 0.29) is 19.0 Å². The van der Waals surface area contributed by atoms with Gasteiger partial charge in [0.25, 0.3) is 0 Å². The quantitative estimate of drug-likeness (QED) is 0.422. The maximum Gasteiger partial charge on any atom is 0.315 e. The molecule has 8 heteroatoms. The summed E-state index contributed by atoms with van der Waals surface area (Å²) in [6, 6.07) is 18.8. The first-order chi connectivity index (χ1) is 14.7. The summed E-state index contributed by atoms with van der Waals surface area (Å²) in [6.45, 7) is 0.133. The van der Waals surface area contributed by atoms with Gasteiger partial charge >= 0.3 is 6.03 Å². The van der Waals surface area contributed by atoms with Crippen LogP contribution in [0.5, 0.6) is 0 Å². The van der Waals surface area contributed by atoms with Gasteiger partial charge in [0.15, 0.2) is 0 Å². The first-order valence-electron chi connectivity index (χ1n) is 9.43. The Kier molecular flexibility index (Phi) is 6.05. The van der Waals surface area contributed by atoms with E-state index in [4.69, 9.17) is 4.42 Å². The number of para-hydroxylation sites is 1. The van der Waals surface area contributed by atoms with Crippen LogP contribution >= 0.6 is 11.3 Å². The number of thiazole rings is 1. The number of nitrogens with zero attached hydrogens (tertiary/aromatic N) is 1. The average Bonchev–Trinajstić information content (AvgIpc) is 3.41. The molecule has 0 aliphatic rings. The molecule has 3 N–H and O–H groups in total. The smallest absolute Gasteiger partial charge is 0.315 e. The number of urea groups is 1. The van der Waals surface area contributed by atoms with E-state index in [9.17, 15) is 9.59 Å². The first kappa shape index (κ1) is 19.7. The summed E-state index contributed by atoms with van der Waals surface area (Å²) in [7, 11) is 0. The van der Waals surface area contributed by atoms with Gasteiger partial charge in [0.05, 0.1) is 34.6 Å².